The summed E-state index contributed by atoms with van der Waals surface area (Å²) in [4.78, 5) is 26.3. The summed E-state index contributed by atoms with van der Waals surface area (Å²) >= 11 is 1.68. The third-order valence-corrected chi connectivity index (χ3v) is 6.02. The van der Waals surface area contributed by atoms with Gasteiger partial charge in [0.15, 0.2) is 6.61 Å². The molecular weight excluding hydrogens is 410 g/mol. The van der Waals surface area contributed by atoms with Crippen LogP contribution in [-0.4, -0.2) is 32.7 Å². The maximum absolute atomic E-state index is 12.7. The van der Waals surface area contributed by atoms with Gasteiger partial charge in [-0.25, -0.2) is 4.79 Å². The Morgan fingerprint density at radius 2 is 1.87 bits per heavy atom. The number of carbonyl (C=O) groups is 2. The lowest BCUT2D eigenvalue weighted by Gasteiger charge is -2.08. The van der Waals surface area contributed by atoms with Crippen LogP contribution in [0.2, 0.25) is 0 Å². The van der Waals surface area contributed by atoms with Crippen molar-refractivity contribution in [2.75, 3.05) is 6.61 Å². The van der Waals surface area contributed by atoms with Gasteiger partial charge in [0.05, 0.1) is 24.8 Å². The number of ketones is 1. The number of aromatic nitrogens is 3. The Bertz CT molecular complexity index is 1190. The van der Waals surface area contributed by atoms with Crippen molar-refractivity contribution in [3.05, 3.63) is 99.3 Å². The molecule has 3 heterocycles. The largest absolute Gasteiger partial charge is 0.454 e. The highest BCUT2D eigenvalue weighted by Gasteiger charge is 2.19. The van der Waals surface area contributed by atoms with Crippen molar-refractivity contribution < 1.29 is 14.3 Å². The predicted molar refractivity (Wildman–Crippen MR) is 120 cm³/mol. The van der Waals surface area contributed by atoms with Gasteiger partial charge in [-0.3, -0.25) is 9.48 Å². The summed E-state index contributed by atoms with van der Waals surface area (Å²) in [6, 6.07) is 15.8. The molecule has 0 atom stereocenters. The van der Waals surface area contributed by atoms with Gasteiger partial charge in [0, 0.05) is 28.0 Å². The second-order valence-electron chi connectivity index (χ2n) is 7.36. The molecule has 0 unspecified atom stereocenters. The topological polar surface area (TPSA) is 66.1 Å². The van der Waals surface area contributed by atoms with Crippen LogP contribution < -0.4 is 0 Å². The summed E-state index contributed by atoms with van der Waals surface area (Å²) in [7, 11) is 0. The molecule has 3 aromatic heterocycles. The Hall–Kier alpha value is -3.45. The number of esters is 1. The first kappa shape index (κ1) is 20.8. The molecule has 0 aliphatic rings. The molecule has 0 aliphatic heterocycles. The smallest absolute Gasteiger partial charge is 0.341 e. The SMILES string of the molecule is Cc1cc(C(=O)COC(=O)c2cnn(Cc3ccccc3)c2)c(C)n1Cc1cccs1. The fourth-order valence-electron chi connectivity index (χ4n) is 3.50. The summed E-state index contributed by atoms with van der Waals surface area (Å²) in [6.45, 7) is 4.88. The molecule has 4 rings (SSSR count). The van der Waals surface area contributed by atoms with Crippen molar-refractivity contribution in [1.29, 1.82) is 0 Å². The normalized spacial score (nSPS) is 10.9. The van der Waals surface area contributed by atoms with Crippen LogP contribution in [0.1, 0.15) is 42.5 Å². The molecular formula is C24H23N3O3S. The van der Waals surface area contributed by atoms with Crippen LogP contribution in [0.3, 0.4) is 0 Å². The van der Waals surface area contributed by atoms with E-state index in [0.717, 1.165) is 23.5 Å². The van der Waals surface area contributed by atoms with Gasteiger partial charge < -0.3 is 9.30 Å². The molecule has 6 nitrogen and oxygen atoms in total. The van der Waals surface area contributed by atoms with Gasteiger partial charge in [-0.05, 0) is 36.9 Å². The monoisotopic (exact) mass is 433 g/mol. The van der Waals surface area contributed by atoms with Gasteiger partial charge in [0.1, 0.15) is 0 Å². The van der Waals surface area contributed by atoms with E-state index in [0.29, 0.717) is 17.7 Å². The lowest BCUT2D eigenvalue weighted by atomic mass is 10.1. The summed E-state index contributed by atoms with van der Waals surface area (Å²) in [6.07, 6.45) is 3.09. The van der Waals surface area contributed by atoms with E-state index in [4.69, 9.17) is 4.74 Å². The second kappa shape index (κ2) is 9.14. The number of carbonyl (C=O) groups excluding carboxylic acids is 2. The quantitative estimate of drug-likeness (QED) is 0.303. The minimum absolute atomic E-state index is 0.212. The van der Waals surface area contributed by atoms with Gasteiger partial charge in [0.25, 0.3) is 0 Å². The Morgan fingerprint density at radius 3 is 2.61 bits per heavy atom. The number of hydrogen-bond donors (Lipinski definition) is 0. The van der Waals surface area contributed by atoms with Crippen molar-refractivity contribution in [3.63, 3.8) is 0 Å². The third-order valence-electron chi connectivity index (χ3n) is 5.16. The average Bonchev–Trinajstić information content (AvgIpc) is 3.51. The number of benzene rings is 1. The summed E-state index contributed by atoms with van der Waals surface area (Å²) < 4.78 is 9.05. The maximum Gasteiger partial charge on any atom is 0.341 e. The molecule has 0 amide bonds. The predicted octanol–water partition coefficient (Wildman–Crippen LogP) is 4.50. The molecule has 7 heteroatoms. The van der Waals surface area contributed by atoms with Crippen LogP contribution in [0.4, 0.5) is 0 Å². The molecule has 0 spiro atoms. The number of ether oxygens (including phenoxy) is 1. The first-order valence-electron chi connectivity index (χ1n) is 9.97. The van der Waals surface area contributed by atoms with Crippen LogP contribution in [0.15, 0.2) is 66.3 Å². The third kappa shape index (κ3) is 4.83. The van der Waals surface area contributed by atoms with Crippen molar-refractivity contribution in [2.24, 2.45) is 0 Å². The molecule has 0 saturated carbocycles. The summed E-state index contributed by atoms with van der Waals surface area (Å²) in [5.74, 6) is -0.768. The van der Waals surface area contributed by atoms with Crippen molar-refractivity contribution in [3.8, 4) is 0 Å². The number of hydrogen-bond acceptors (Lipinski definition) is 5. The van der Waals surface area contributed by atoms with E-state index >= 15 is 0 Å². The first-order chi connectivity index (χ1) is 15.0. The average molecular weight is 434 g/mol. The van der Waals surface area contributed by atoms with Gasteiger partial charge >= 0.3 is 5.97 Å². The van der Waals surface area contributed by atoms with E-state index in [1.54, 1.807) is 22.2 Å². The Kier molecular flexibility index (Phi) is 6.13. The molecule has 0 N–H and O–H groups in total. The number of aryl methyl sites for hydroxylation is 1. The number of rotatable bonds is 8. The fraction of sp³-hybridized carbons (Fsp3) is 0.208. The lowest BCUT2D eigenvalue weighted by molar-refractivity contribution is 0.0474. The van der Waals surface area contributed by atoms with Gasteiger partial charge in [0.2, 0.25) is 5.78 Å². The van der Waals surface area contributed by atoms with Crippen LogP contribution in [0, 0.1) is 13.8 Å². The Balaban J connectivity index is 1.37. The van der Waals surface area contributed by atoms with Crippen molar-refractivity contribution >= 4 is 23.1 Å². The zero-order valence-electron chi connectivity index (χ0n) is 17.4. The van der Waals surface area contributed by atoms with Gasteiger partial charge in [-0.15, -0.1) is 11.3 Å². The van der Waals surface area contributed by atoms with Crippen LogP contribution >= 0.6 is 11.3 Å². The van der Waals surface area contributed by atoms with E-state index in [1.807, 2.05) is 61.7 Å². The minimum atomic E-state index is -0.556. The minimum Gasteiger partial charge on any atom is -0.454 e. The van der Waals surface area contributed by atoms with Crippen LogP contribution in [-0.2, 0) is 17.8 Å². The highest BCUT2D eigenvalue weighted by Crippen LogP contribution is 2.20. The zero-order chi connectivity index (χ0) is 21.8. The van der Waals surface area contributed by atoms with Crippen molar-refractivity contribution in [1.82, 2.24) is 14.3 Å². The molecule has 4 aromatic rings. The molecule has 0 fully saturated rings. The van der Waals surface area contributed by atoms with Crippen LogP contribution in [0.5, 0.6) is 0 Å². The highest BCUT2D eigenvalue weighted by atomic mass is 32.1. The lowest BCUT2D eigenvalue weighted by Crippen LogP contribution is -2.15. The van der Waals surface area contributed by atoms with E-state index < -0.39 is 5.97 Å². The molecule has 0 aliphatic carbocycles. The van der Waals surface area contributed by atoms with E-state index in [-0.39, 0.29) is 12.4 Å². The van der Waals surface area contributed by atoms with E-state index in [2.05, 4.69) is 15.7 Å². The number of nitrogens with zero attached hydrogens (tertiary/aromatic N) is 3. The molecule has 0 radical (unpaired) electrons. The Morgan fingerprint density at radius 1 is 1.06 bits per heavy atom. The maximum atomic E-state index is 12.7. The molecule has 0 bridgehead atoms. The van der Waals surface area contributed by atoms with Gasteiger partial charge in [-0.1, -0.05) is 36.4 Å². The summed E-state index contributed by atoms with van der Waals surface area (Å²) in [5.41, 5.74) is 3.87. The summed E-state index contributed by atoms with van der Waals surface area (Å²) in [5, 5.41) is 6.25. The fourth-order valence-corrected chi connectivity index (χ4v) is 4.20. The molecule has 31 heavy (non-hydrogen) atoms. The standard InChI is InChI=1S/C24H23N3O3S/c1-17-11-22(18(2)27(17)15-21-9-6-10-31-21)23(28)16-30-24(29)20-12-25-26(14-20)13-19-7-4-3-5-8-19/h3-12,14H,13,15-16H2,1-2H3. The van der Waals surface area contributed by atoms with E-state index in [9.17, 15) is 9.59 Å². The van der Waals surface area contributed by atoms with E-state index in [1.165, 1.54) is 11.1 Å². The molecule has 0 saturated heterocycles. The first-order valence-corrected chi connectivity index (χ1v) is 10.8. The number of thiophene rings is 1. The van der Waals surface area contributed by atoms with Crippen molar-refractivity contribution in [2.45, 2.75) is 26.9 Å². The Labute approximate surface area is 184 Å². The number of Topliss-reactive ketones (excluding diaryl/α,β-unsaturated/α-hetero) is 1. The second-order valence-corrected chi connectivity index (χ2v) is 8.39. The molecule has 1 aromatic carbocycles. The molecule has 158 valence electrons. The van der Waals surface area contributed by atoms with Crippen LogP contribution in [0.25, 0.3) is 0 Å². The highest BCUT2D eigenvalue weighted by molar-refractivity contribution is 7.09. The zero-order valence-corrected chi connectivity index (χ0v) is 18.3. The van der Waals surface area contributed by atoms with Gasteiger partial charge in [-0.2, -0.15) is 5.10 Å².